The molecular weight excluding hydrogens is 275 g/mol. The number of nitriles is 1. The van der Waals surface area contributed by atoms with Gasteiger partial charge in [0.2, 0.25) is 0 Å². The van der Waals surface area contributed by atoms with E-state index in [2.05, 4.69) is 10.1 Å². The van der Waals surface area contributed by atoms with Crippen LogP contribution in [0.15, 0.2) is 24.3 Å². The fourth-order valence-electron chi connectivity index (χ4n) is 1.82. The van der Waals surface area contributed by atoms with Gasteiger partial charge in [-0.2, -0.15) is 5.26 Å². The maximum absolute atomic E-state index is 13.1. The molecule has 1 N–H and O–H groups in total. The quantitative estimate of drug-likeness (QED) is 0.617. The Balaban J connectivity index is 2.65. The second-order valence-corrected chi connectivity index (χ2v) is 4.46. The highest BCUT2D eigenvalue weighted by Crippen LogP contribution is 2.08. The maximum atomic E-state index is 13.1. The van der Waals surface area contributed by atoms with E-state index < -0.39 is 23.7 Å². The third kappa shape index (κ3) is 5.61. The number of ether oxygens (including phenoxy) is 1. The minimum absolute atomic E-state index is 0.140. The van der Waals surface area contributed by atoms with E-state index in [9.17, 15) is 14.0 Å². The van der Waals surface area contributed by atoms with Gasteiger partial charge in [0.25, 0.3) is 5.91 Å². The molecule has 0 aliphatic heterocycles. The van der Waals surface area contributed by atoms with Gasteiger partial charge < -0.3 is 10.1 Å². The predicted molar refractivity (Wildman–Crippen MR) is 73.8 cm³/mol. The fourth-order valence-corrected chi connectivity index (χ4v) is 1.82. The van der Waals surface area contributed by atoms with Crippen LogP contribution in [0, 0.1) is 17.1 Å². The standard InChI is InChI=1S/C15H17FN2O3/c1-21-15(20)13(8-3-2-4-9-17)18-14(19)11-6-5-7-12(16)10-11/h5-7,10,13H,2-4,8H2,1H3,(H,18,19)/t13-/m1/s1. The smallest absolute Gasteiger partial charge is 0.328 e. The predicted octanol–water partition coefficient (Wildman–Crippen LogP) is 2.18. The second kappa shape index (κ2) is 8.69. The summed E-state index contributed by atoms with van der Waals surface area (Å²) in [5.41, 5.74) is 0.140. The largest absolute Gasteiger partial charge is 0.467 e. The van der Waals surface area contributed by atoms with Gasteiger partial charge in [-0.05, 0) is 37.5 Å². The Morgan fingerprint density at radius 2 is 2.19 bits per heavy atom. The average Bonchev–Trinajstić information content (AvgIpc) is 2.49. The third-order valence-corrected chi connectivity index (χ3v) is 2.91. The molecular formula is C15H17FN2O3. The summed E-state index contributed by atoms with van der Waals surface area (Å²) in [5, 5.41) is 11.0. The number of amides is 1. The number of carbonyl (C=O) groups is 2. The van der Waals surface area contributed by atoms with Gasteiger partial charge in [-0.1, -0.05) is 6.07 Å². The molecule has 0 aliphatic rings. The SMILES string of the molecule is COC(=O)[C@@H](CCCCC#N)NC(=O)c1cccc(F)c1. The Morgan fingerprint density at radius 3 is 2.81 bits per heavy atom. The Labute approximate surface area is 122 Å². The molecule has 112 valence electrons. The van der Waals surface area contributed by atoms with E-state index in [1.165, 1.54) is 25.3 Å². The number of nitrogens with zero attached hydrogens (tertiary/aromatic N) is 1. The van der Waals surface area contributed by atoms with E-state index in [0.717, 1.165) is 6.07 Å². The van der Waals surface area contributed by atoms with Gasteiger partial charge in [0, 0.05) is 12.0 Å². The highest BCUT2D eigenvalue weighted by atomic mass is 19.1. The van der Waals surface area contributed by atoms with Crippen LogP contribution < -0.4 is 5.32 Å². The summed E-state index contributed by atoms with van der Waals surface area (Å²) < 4.78 is 17.7. The first-order chi connectivity index (χ1) is 10.1. The van der Waals surface area contributed by atoms with E-state index in [4.69, 9.17) is 5.26 Å². The fraction of sp³-hybridized carbons (Fsp3) is 0.400. The van der Waals surface area contributed by atoms with Crippen molar-refractivity contribution in [1.29, 1.82) is 5.26 Å². The van der Waals surface area contributed by atoms with E-state index in [-0.39, 0.29) is 5.56 Å². The molecule has 21 heavy (non-hydrogen) atoms. The summed E-state index contributed by atoms with van der Waals surface area (Å²) in [7, 11) is 1.24. The van der Waals surface area contributed by atoms with Crippen LogP contribution in [-0.2, 0) is 9.53 Å². The van der Waals surface area contributed by atoms with Crippen molar-refractivity contribution in [3.8, 4) is 6.07 Å². The number of carbonyl (C=O) groups excluding carboxylic acids is 2. The van der Waals surface area contributed by atoms with E-state index in [0.29, 0.717) is 25.7 Å². The summed E-state index contributed by atoms with van der Waals surface area (Å²) in [6, 6.07) is 6.42. The van der Waals surface area contributed by atoms with Gasteiger partial charge in [0.05, 0.1) is 13.2 Å². The van der Waals surface area contributed by atoms with Crippen molar-refractivity contribution in [2.75, 3.05) is 7.11 Å². The first-order valence-electron chi connectivity index (χ1n) is 6.59. The first kappa shape index (κ1) is 16.6. The zero-order chi connectivity index (χ0) is 15.7. The molecule has 6 heteroatoms. The molecule has 0 fully saturated rings. The van der Waals surface area contributed by atoms with Crippen LogP contribution in [0.2, 0.25) is 0 Å². The molecule has 0 saturated carbocycles. The van der Waals surface area contributed by atoms with Crippen molar-refractivity contribution >= 4 is 11.9 Å². The van der Waals surface area contributed by atoms with Crippen molar-refractivity contribution in [3.05, 3.63) is 35.6 Å². The number of hydrogen-bond donors (Lipinski definition) is 1. The molecule has 1 aromatic rings. The number of esters is 1. The highest BCUT2D eigenvalue weighted by molar-refractivity contribution is 5.96. The van der Waals surface area contributed by atoms with Crippen LogP contribution in [0.4, 0.5) is 4.39 Å². The van der Waals surface area contributed by atoms with Crippen molar-refractivity contribution in [1.82, 2.24) is 5.32 Å². The first-order valence-corrected chi connectivity index (χ1v) is 6.59. The van der Waals surface area contributed by atoms with Gasteiger partial charge in [-0.15, -0.1) is 0 Å². The van der Waals surface area contributed by atoms with Gasteiger partial charge in [-0.3, -0.25) is 4.79 Å². The van der Waals surface area contributed by atoms with Crippen LogP contribution in [0.1, 0.15) is 36.0 Å². The van der Waals surface area contributed by atoms with Crippen molar-refractivity contribution in [2.24, 2.45) is 0 Å². The molecule has 0 spiro atoms. The van der Waals surface area contributed by atoms with Crippen molar-refractivity contribution in [3.63, 3.8) is 0 Å². The van der Waals surface area contributed by atoms with E-state index >= 15 is 0 Å². The molecule has 1 amide bonds. The number of benzene rings is 1. The van der Waals surface area contributed by atoms with Crippen LogP contribution in [0.5, 0.6) is 0 Å². The molecule has 5 nitrogen and oxygen atoms in total. The lowest BCUT2D eigenvalue weighted by Gasteiger charge is -2.16. The topological polar surface area (TPSA) is 79.2 Å². The Bertz CT molecular complexity index is 540. The minimum Gasteiger partial charge on any atom is -0.467 e. The summed E-state index contributed by atoms with van der Waals surface area (Å²) in [5.74, 6) is -1.62. The molecule has 0 unspecified atom stereocenters. The van der Waals surface area contributed by atoms with E-state index in [1.807, 2.05) is 6.07 Å². The molecule has 0 saturated heterocycles. The van der Waals surface area contributed by atoms with Crippen LogP contribution in [0.3, 0.4) is 0 Å². The number of halogens is 1. The number of methoxy groups -OCH3 is 1. The van der Waals surface area contributed by atoms with E-state index in [1.54, 1.807) is 0 Å². The summed E-state index contributed by atoms with van der Waals surface area (Å²) in [4.78, 5) is 23.6. The second-order valence-electron chi connectivity index (χ2n) is 4.46. The maximum Gasteiger partial charge on any atom is 0.328 e. The zero-order valence-electron chi connectivity index (χ0n) is 11.8. The van der Waals surface area contributed by atoms with Gasteiger partial charge in [-0.25, -0.2) is 9.18 Å². The normalized spacial score (nSPS) is 11.3. The molecule has 1 atom stereocenters. The molecule has 0 bridgehead atoms. The Kier molecular flexibility index (Phi) is 6.88. The number of nitrogens with one attached hydrogen (secondary N) is 1. The van der Waals surface area contributed by atoms with Crippen molar-refractivity contribution in [2.45, 2.75) is 31.7 Å². The average molecular weight is 292 g/mol. The lowest BCUT2D eigenvalue weighted by molar-refractivity contribution is -0.143. The summed E-state index contributed by atoms with van der Waals surface area (Å²) in [6.45, 7) is 0. The summed E-state index contributed by atoms with van der Waals surface area (Å²) in [6.07, 6.45) is 2.01. The number of hydrogen-bond acceptors (Lipinski definition) is 4. The zero-order valence-corrected chi connectivity index (χ0v) is 11.8. The molecule has 0 heterocycles. The number of unbranched alkanes of at least 4 members (excludes halogenated alkanes) is 2. The minimum atomic E-state index is -0.801. The molecule has 0 radical (unpaired) electrons. The molecule has 1 rings (SSSR count). The lowest BCUT2D eigenvalue weighted by Crippen LogP contribution is -2.41. The molecule has 0 aromatic heterocycles. The number of rotatable bonds is 7. The van der Waals surface area contributed by atoms with Crippen molar-refractivity contribution < 1.29 is 18.7 Å². The van der Waals surface area contributed by atoms with Gasteiger partial charge in [0.15, 0.2) is 0 Å². The van der Waals surface area contributed by atoms with Crippen LogP contribution >= 0.6 is 0 Å². The van der Waals surface area contributed by atoms with Gasteiger partial charge in [0.1, 0.15) is 11.9 Å². The monoisotopic (exact) mass is 292 g/mol. The molecule has 0 aliphatic carbocycles. The van der Waals surface area contributed by atoms with Crippen LogP contribution in [-0.4, -0.2) is 25.0 Å². The van der Waals surface area contributed by atoms with Gasteiger partial charge >= 0.3 is 5.97 Å². The van der Waals surface area contributed by atoms with Crippen LogP contribution in [0.25, 0.3) is 0 Å². The molecule has 1 aromatic carbocycles. The summed E-state index contributed by atoms with van der Waals surface area (Å²) >= 11 is 0. The highest BCUT2D eigenvalue weighted by Gasteiger charge is 2.21. The Morgan fingerprint density at radius 1 is 1.43 bits per heavy atom. The third-order valence-electron chi connectivity index (χ3n) is 2.91. The lowest BCUT2D eigenvalue weighted by atomic mass is 10.1. The Hall–Kier alpha value is -2.42.